The van der Waals surface area contributed by atoms with Crippen LogP contribution in [-0.2, 0) is 10.4 Å². The largest absolute Gasteiger partial charge is 0.298 e. The Bertz CT molecular complexity index is 516. The van der Waals surface area contributed by atoms with E-state index in [1.165, 1.54) is 11.1 Å². The van der Waals surface area contributed by atoms with Crippen LogP contribution in [0.3, 0.4) is 0 Å². The van der Waals surface area contributed by atoms with Gasteiger partial charge in [-0.25, -0.2) is 5.39 Å². The zero-order chi connectivity index (χ0) is 14.0. The average Bonchev–Trinajstić information content (AvgIpc) is 2.95. The molecule has 101 valence electrons. The molecule has 2 nitrogen and oxygen atoms in total. The lowest BCUT2D eigenvalue weighted by molar-refractivity contribution is -0.0357. The number of benzene rings is 2. The fraction of sp³-hybridized carbons (Fsp3) is 0.294. The molecule has 0 amide bonds. The van der Waals surface area contributed by atoms with E-state index < -0.39 is 5.60 Å². The first-order valence-corrected chi connectivity index (χ1v) is 7.13. The van der Waals surface area contributed by atoms with E-state index in [0.29, 0.717) is 5.92 Å². The highest BCUT2D eigenvalue weighted by Crippen LogP contribution is 2.48. The Morgan fingerprint density at radius 3 is 1.90 bits per heavy atom. The van der Waals surface area contributed by atoms with Gasteiger partial charge in [-0.05, 0) is 22.9 Å². The second-order valence-corrected chi connectivity index (χ2v) is 5.62. The SMILES string of the molecule is CC(C)[C@@H]1[B]NOC1(c1ccccc1)c1ccccc1. The fourth-order valence-corrected chi connectivity index (χ4v) is 3.09. The van der Waals surface area contributed by atoms with Gasteiger partial charge in [-0.1, -0.05) is 74.5 Å². The Morgan fingerprint density at radius 2 is 1.45 bits per heavy atom. The quantitative estimate of drug-likeness (QED) is 0.856. The zero-order valence-electron chi connectivity index (χ0n) is 11.9. The summed E-state index contributed by atoms with van der Waals surface area (Å²) in [5.41, 5.74) is 1.92. The van der Waals surface area contributed by atoms with Crippen LogP contribution in [-0.4, -0.2) is 7.41 Å². The van der Waals surface area contributed by atoms with Gasteiger partial charge >= 0.3 is 0 Å². The fourth-order valence-electron chi connectivity index (χ4n) is 3.09. The first kappa shape index (κ1) is 13.4. The molecule has 3 rings (SSSR count). The predicted octanol–water partition coefficient (Wildman–Crippen LogP) is 3.53. The minimum absolute atomic E-state index is 0.285. The van der Waals surface area contributed by atoms with Crippen LogP contribution in [0.5, 0.6) is 0 Å². The summed E-state index contributed by atoms with van der Waals surface area (Å²) in [4.78, 5) is 6.08. The lowest BCUT2D eigenvalue weighted by Crippen LogP contribution is -2.34. The molecule has 1 N–H and O–H groups in total. The van der Waals surface area contributed by atoms with Gasteiger partial charge in [0.05, 0.1) is 0 Å². The predicted molar refractivity (Wildman–Crippen MR) is 82.2 cm³/mol. The van der Waals surface area contributed by atoms with E-state index in [9.17, 15) is 0 Å². The summed E-state index contributed by atoms with van der Waals surface area (Å²) in [6.07, 6.45) is 0. The van der Waals surface area contributed by atoms with Gasteiger partial charge in [0.2, 0.25) is 7.41 Å². The number of nitrogens with one attached hydrogen (secondary N) is 1. The van der Waals surface area contributed by atoms with E-state index >= 15 is 0 Å². The zero-order valence-corrected chi connectivity index (χ0v) is 11.9. The second kappa shape index (κ2) is 5.43. The highest BCUT2D eigenvalue weighted by Gasteiger charge is 2.49. The number of hydrogen-bond donors (Lipinski definition) is 1. The average molecular weight is 264 g/mol. The third kappa shape index (κ3) is 2.07. The number of rotatable bonds is 3. The molecule has 1 aliphatic heterocycles. The second-order valence-electron chi connectivity index (χ2n) is 5.62. The summed E-state index contributed by atoms with van der Waals surface area (Å²) in [5, 5.41) is 3.02. The molecule has 3 heteroatoms. The van der Waals surface area contributed by atoms with Gasteiger partial charge in [-0.2, -0.15) is 0 Å². The monoisotopic (exact) mass is 264 g/mol. The van der Waals surface area contributed by atoms with E-state index in [1.807, 2.05) is 12.1 Å². The maximum Gasteiger partial charge on any atom is 0.249 e. The Hall–Kier alpha value is -1.58. The normalized spacial score (nSPS) is 20.9. The van der Waals surface area contributed by atoms with Gasteiger partial charge in [-0.3, -0.25) is 4.84 Å². The van der Waals surface area contributed by atoms with Crippen molar-refractivity contribution in [3.05, 3.63) is 71.8 Å². The molecule has 0 bridgehead atoms. The molecular weight excluding hydrogens is 245 g/mol. The molecule has 1 saturated heterocycles. The van der Waals surface area contributed by atoms with Crippen molar-refractivity contribution in [1.29, 1.82) is 0 Å². The van der Waals surface area contributed by atoms with Crippen molar-refractivity contribution in [2.24, 2.45) is 5.92 Å². The lowest BCUT2D eigenvalue weighted by atomic mass is 9.58. The summed E-state index contributed by atoms with van der Waals surface area (Å²) in [5.74, 6) is 0.762. The summed E-state index contributed by atoms with van der Waals surface area (Å²) in [7, 11) is 2.07. The molecule has 20 heavy (non-hydrogen) atoms. The summed E-state index contributed by atoms with van der Waals surface area (Å²) in [6.45, 7) is 4.47. The Morgan fingerprint density at radius 1 is 0.950 bits per heavy atom. The molecule has 0 aromatic heterocycles. The molecule has 1 aliphatic rings. The standard InChI is InChI=1S/C17H19BNO/c1-13(2)16-17(20-19-18-16,14-9-5-3-6-10-14)15-11-7-4-8-12-15/h3-13,16,19H,1-2H3/t16-/m0/s1. The lowest BCUT2D eigenvalue weighted by Gasteiger charge is -2.36. The van der Waals surface area contributed by atoms with Crippen LogP contribution in [0, 0.1) is 5.92 Å². The van der Waals surface area contributed by atoms with E-state index in [2.05, 4.69) is 75.2 Å². The Balaban J connectivity index is 2.18. The van der Waals surface area contributed by atoms with E-state index in [0.717, 1.165) is 0 Å². The first-order valence-electron chi connectivity index (χ1n) is 7.13. The molecule has 1 atom stereocenters. The summed E-state index contributed by atoms with van der Waals surface area (Å²) >= 11 is 0. The highest BCUT2D eigenvalue weighted by molar-refractivity contribution is 6.35. The van der Waals surface area contributed by atoms with Gasteiger partial charge in [0.25, 0.3) is 0 Å². The van der Waals surface area contributed by atoms with Crippen LogP contribution in [0.25, 0.3) is 0 Å². The van der Waals surface area contributed by atoms with Crippen LogP contribution in [0.4, 0.5) is 0 Å². The van der Waals surface area contributed by atoms with E-state index in [4.69, 9.17) is 4.84 Å². The van der Waals surface area contributed by atoms with Crippen LogP contribution < -0.4 is 5.39 Å². The molecule has 1 heterocycles. The third-order valence-electron chi connectivity index (χ3n) is 4.06. The van der Waals surface area contributed by atoms with Crippen molar-refractivity contribution in [3.8, 4) is 0 Å². The van der Waals surface area contributed by atoms with Crippen molar-refractivity contribution in [2.75, 3.05) is 0 Å². The van der Waals surface area contributed by atoms with Crippen molar-refractivity contribution in [1.82, 2.24) is 5.39 Å². The molecule has 0 unspecified atom stereocenters. The molecule has 1 fully saturated rings. The third-order valence-corrected chi connectivity index (χ3v) is 4.06. The van der Waals surface area contributed by atoms with Crippen molar-refractivity contribution in [2.45, 2.75) is 25.3 Å². The van der Waals surface area contributed by atoms with Crippen LogP contribution in [0.2, 0.25) is 5.82 Å². The van der Waals surface area contributed by atoms with Gasteiger partial charge in [0, 0.05) is 0 Å². The van der Waals surface area contributed by atoms with Crippen molar-refractivity contribution >= 4 is 7.41 Å². The smallest absolute Gasteiger partial charge is 0.249 e. The van der Waals surface area contributed by atoms with Crippen LogP contribution in [0.1, 0.15) is 25.0 Å². The van der Waals surface area contributed by atoms with Crippen molar-refractivity contribution in [3.63, 3.8) is 0 Å². The minimum atomic E-state index is -0.448. The topological polar surface area (TPSA) is 21.3 Å². The first-order chi connectivity index (χ1) is 9.75. The van der Waals surface area contributed by atoms with E-state index in [-0.39, 0.29) is 5.82 Å². The maximum absolute atomic E-state index is 6.08. The molecule has 0 spiro atoms. The Kier molecular flexibility index (Phi) is 3.64. The van der Waals surface area contributed by atoms with Gasteiger partial charge in [0.15, 0.2) is 0 Å². The molecule has 0 aliphatic carbocycles. The van der Waals surface area contributed by atoms with Gasteiger partial charge in [0.1, 0.15) is 5.60 Å². The maximum atomic E-state index is 6.08. The highest BCUT2D eigenvalue weighted by atomic mass is 16.7. The number of hydrogen-bond acceptors (Lipinski definition) is 2. The summed E-state index contributed by atoms with van der Waals surface area (Å²) < 4.78 is 0. The van der Waals surface area contributed by atoms with E-state index in [1.54, 1.807) is 0 Å². The molecule has 0 saturated carbocycles. The molecule has 2 aromatic rings. The molecule has 1 radical (unpaired) electrons. The van der Waals surface area contributed by atoms with Gasteiger partial charge < -0.3 is 0 Å². The minimum Gasteiger partial charge on any atom is -0.298 e. The van der Waals surface area contributed by atoms with Gasteiger partial charge in [-0.15, -0.1) is 0 Å². The molecule has 2 aromatic carbocycles. The molecular formula is C17H19BNO. The Labute approximate surface area is 121 Å². The summed E-state index contributed by atoms with van der Waals surface area (Å²) in [6, 6.07) is 20.9. The van der Waals surface area contributed by atoms with Crippen molar-refractivity contribution < 1.29 is 4.84 Å². The van der Waals surface area contributed by atoms with Crippen LogP contribution in [0.15, 0.2) is 60.7 Å². The van der Waals surface area contributed by atoms with Crippen LogP contribution >= 0.6 is 0 Å².